The zero-order valence-electron chi connectivity index (χ0n) is 16.7. The van der Waals surface area contributed by atoms with E-state index in [1.807, 2.05) is 50.2 Å². The third-order valence-corrected chi connectivity index (χ3v) is 4.70. The molecule has 0 atom stereocenters. The average Bonchev–Trinajstić information content (AvgIpc) is 3.03. The molecular formula is C23H25NO4. The largest absolute Gasteiger partial charge is 0.464 e. The van der Waals surface area contributed by atoms with Gasteiger partial charge in [0.1, 0.15) is 5.58 Å². The Morgan fingerprint density at radius 1 is 1.14 bits per heavy atom. The lowest BCUT2D eigenvalue weighted by molar-refractivity contribution is -0.146. The molecule has 28 heavy (non-hydrogen) atoms. The molecule has 1 aromatic heterocycles. The van der Waals surface area contributed by atoms with E-state index in [-0.39, 0.29) is 24.9 Å². The fraction of sp³-hybridized carbons (Fsp3) is 0.304. The Bertz CT molecular complexity index is 1020. The molecule has 3 rings (SSSR count). The Morgan fingerprint density at radius 2 is 1.93 bits per heavy atom. The van der Waals surface area contributed by atoms with Gasteiger partial charge in [0.25, 0.3) is 5.91 Å². The monoisotopic (exact) mass is 379 g/mol. The maximum atomic E-state index is 12.3. The summed E-state index contributed by atoms with van der Waals surface area (Å²) in [5.74, 6) is -0.541. The number of nitrogens with one attached hydrogen (secondary N) is 1. The summed E-state index contributed by atoms with van der Waals surface area (Å²) in [6.45, 7) is 7.74. The first-order valence-corrected chi connectivity index (χ1v) is 9.37. The van der Waals surface area contributed by atoms with Crippen LogP contribution in [-0.4, -0.2) is 18.5 Å². The molecule has 5 nitrogen and oxygen atoms in total. The molecule has 2 aromatic carbocycles. The summed E-state index contributed by atoms with van der Waals surface area (Å²) >= 11 is 0. The Labute approximate surface area is 164 Å². The summed E-state index contributed by atoms with van der Waals surface area (Å²) < 4.78 is 10.7. The van der Waals surface area contributed by atoms with Gasteiger partial charge in [-0.3, -0.25) is 9.59 Å². The van der Waals surface area contributed by atoms with E-state index >= 15 is 0 Å². The molecule has 1 N–H and O–H groups in total. The van der Waals surface area contributed by atoms with Gasteiger partial charge in [-0.05, 0) is 42.5 Å². The van der Waals surface area contributed by atoms with Crippen LogP contribution in [0.15, 0.2) is 47.1 Å². The Morgan fingerprint density at radius 3 is 2.68 bits per heavy atom. The van der Waals surface area contributed by atoms with Crippen molar-refractivity contribution in [3.63, 3.8) is 0 Å². The molecule has 1 heterocycles. The highest BCUT2D eigenvalue weighted by Crippen LogP contribution is 2.27. The van der Waals surface area contributed by atoms with E-state index in [0.29, 0.717) is 0 Å². The smallest absolute Gasteiger partial charge is 0.310 e. The molecule has 0 bridgehead atoms. The van der Waals surface area contributed by atoms with Crippen molar-refractivity contribution in [1.82, 2.24) is 0 Å². The maximum Gasteiger partial charge on any atom is 0.310 e. The number of benzene rings is 2. The number of esters is 1. The molecule has 1 amide bonds. The van der Waals surface area contributed by atoms with Gasteiger partial charge in [0.15, 0.2) is 6.61 Å². The van der Waals surface area contributed by atoms with E-state index in [2.05, 4.69) is 19.2 Å². The molecule has 3 aromatic rings. The molecule has 0 aliphatic heterocycles. The number of anilines is 1. The normalized spacial score (nSPS) is 11.0. The van der Waals surface area contributed by atoms with Crippen molar-refractivity contribution in [1.29, 1.82) is 0 Å². The van der Waals surface area contributed by atoms with Crippen molar-refractivity contribution in [2.45, 2.75) is 40.0 Å². The number of rotatable bonds is 6. The fourth-order valence-corrected chi connectivity index (χ4v) is 3.20. The van der Waals surface area contributed by atoms with Crippen molar-refractivity contribution in [2.24, 2.45) is 0 Å². The summed E-state index contributed by atoms with van der Waals surface area (Å²) in [7, 11) is 0. The number of fused-ring (bicyclic) bond motifs is 1. The van der Waals surface area contributed by atoms with Gasteiger partial charge in [-0.1, -0.05) is 44.2 Å². The number of carbonyl (C=O) groups is 2. The standard InChI is InChI=1S/C23H25NO4/c1-14(2)18-7-5-6-16(4)23(18)24-21(25)13-28-22(26)11-17-12-27-20-10-15(3)8-9-19(17)20/h5-10,12,14H,11,13H2,1-4H3,(H,24,25). The molecule has 0 saturated heterocycles. The fourth-order valence-electron chi connectivity index (χ4n) is 3.20. The predicted octanol–water partition coefficient (Wildman–Crippen LogP) is 4.90. The highest BCUT2D eigenvalue weighted by Gasteiger charge is 2.15. The lowest BCUT2D eigenvalue weighted by atomic mass is 9.98. The first-order valence-electron chi connectivity index (χ1n) is 9.37. The van der Waals surface area contributed by atoms with Crippen LogP contribution in [0.4, 0.5) is 5.69 Å². The molecule has 0 saturated carbocycles. The van der Waals surface area contributed by atoms with Crippen molar-refractivity contribution >= 4 is 28.5 Å². The van der Waals surface area contributed by atoms with E-state index < -0.39 is 5.97 Å². The summed E-state index contributed by atoms with van der Waals surface area (Å²) in [5.41, 5.74) is 5.40. The minimum Gasteiger partial charge on any atom is -0.464 e. The number of hydrogen-bond donors (Lipinski definition) is 1. The van der Waals surface area contributed by atoms with Crippen LogP contribution < -0.4 is 5.32 Å². The third-order valence-electron chi connectivity index (χ3n) is 4.70. The molecular weight excluding hydrogens is 354 g/mol. The Hall–Kier alpha value is -3.08. The second-order valence-electron chi connectivity index (χ2n) is 7.34. The van der Waals surface area contributed by atoms with Gasteiger partial charge in [0, 0.05) is 16.6 Å². The van der Waals surface area contributed by atoms with Gasteiger partial charge in [-0.2, -0.15) is 0 Å². The Balaban J connectivity index is 1.60. The number of hydrogen-bond acceptors (Lipinski definition) is 4. The van der Waals surface area contributed by atoms with Crippen LogP contribution in [0.5, 0.6) is 0 Å². The van der Waals surface area contributed by atoms with Crippen molar-refractivity contribution in [3.05, 3.63) is 64.9 Å². The molecule has 0 unspecified atom stereocenters. The third kappa shape index (κ3) is 4.42. The lowest BCUT2D eigenvalue weighted by Crippen LogP contribution is -2.22. The van der Waals surface area contributed by atoms with Crippen LogP contribution >= 0.6 is 0 Å². The SMILES string of the molecule is Cc1ccc2c(CC(=O)OCC(=O)Nc3c(C)cccc3C(C)C)coc2c1. The molecule has 0 spiro atoms. The summed E-state index contributed by atoms with van der Waals surface area (Å²) in [6.07, 6.45) is 1.62. The summed E-state index contributed by atoms with van der Waals surface area (Å²) in [4.78, 5) is 24.5. The van der Waals surface area contributed by atoms with Crippen LogP contribution in [-0.2, 0) is 20.7 Å². The zero-order chi connectivity index (χ0) is 20.3. The van der Waals surface area contributed by atoms with E-state index in [1.54, 1.807) is 6.26 Å². The number of para-hydroxylation sites is 1. The van der Waals surface area contributed by atoms with E-state index in [0.717, 1.165) is 38.9 Å². The first kappa shape index (κ1) is 19.7. The maximum absolute atomic E-state index is 12.3. The number of carbonyl (C=O) groups excluding carboxylic acids is 2. The second kappa shape index (κ2) is 8.30. The molecule has 0 aliphatic rings. The van der Waals surface area contributed by atoms with Crippen molar-refractivity contribution in [3.8, 4) is 0 Å². The van der Waals surface area contributed by atoms with E-state index in [4.69, 9.17) is 9.15 Å². The van der Waals surface area contributed by atoms with Gasteiger partial charge in [-0.15, -0.1) is 0 Å². The van der Waals surface area contributed by atoms with E-state index in [9.17, 15) is 9.59 Å². The van der Waals surface area contributed by atoms with Gasteiger partial charge >= 0.3 is 5.97 Å². The molecule has 5 heteroatoms. The molecule has 0 fully saturated rings. The van der Waals surface area contributed by atoms with E-state index in [1.165, 1.54) is 0 Å². The minimum absolute atomic E-state index is 0.0605. The predicted molar refractivity (Wildman–Crippen MR) is 110 cm³/mol. The van der Waals surface area contributed by atoms with Gasteiger partial charge in [0.05, 0.1) is 12.7 Å². The van der Waals surface area contributed by atoms with Gasteiger partial charge < -0.3 is 14.5 Å². The second-order valence-corrected chi connectivity index (χ2v) is 7.34. The quantitative estimate of drug-likeness (QED) is 0.619. The van der Waals surface area contributed by atoms with Gasteiger partial charge in [-0.25, -0.2) is 0 Å². The number of furan rings is 1. The minimum atomic E-state index is -0.465. The highest BCUT2D eigenvalue weighted by atomic mass is 16.5. The van der Waals surface area contributed by atoms with Crippen LogP contribution in [0.2, 0.25) is 0 Å². The highest BCUT2D eigenvalue weighted by molar-refractivity contribution is 5.94. The Kier molecular flexibility index (Phi) is 5.83. The van der Waals surface area contributed by atoms with Crippen molar-refractivity contribution < 1.29 is 18.7 Å². The van der Waals surface area contributed by atoms with Crippen molar-refractivity contribution in [2.75, 3.05) is 11.9 Å². The van der Waals surface area contributed by atoms with Crippen LogP contribution in [0.3, 0.4) is 0 Å². The van der Waals surface area contributed by atoms with Crippen LogP contribution in [0.25, 0.3) is 11.0 Å². The molecule has 0 radical (unpaired) electrons. The summed E-state index contributed by atoms with van der Waals surface area (Å²) in [6, 6.07) is 11.7. The van der Waals surface area contributed by atoms with Crippen LogP contribution in [0, 0.1) is 13.8 Å². The number of ether oxygens (including phenoxy) is 1. The topological polar surface area (TPSA) is 68.5 Å². The van der Waals surface area contributed by atoms with Gasteiger partial charge in [0.2, 0.25) is 0 Å². The molecule has 146 valence electrons. The lowest BCUT2D eigenvalue weighted by Gasteiger charge is -2.16. The van der Waals surface area contributed by atoms with Crippen LogP contribution in [0.1, 0.15) is 42.0 Å². The first-order chi connectivity index (χ1) is 13.3. The number of amides is 1. The molecule has 0 aliphatic carbocycles. The summed E-state index contributed by atoms with van der Waals surface area (Å²) in [5, 5.41) is 3.76. The average molecular weight is 379 g/mol. The number of aryl methyl sites for hydroxylation is 2. The zero-order valence-corrected chi connectivity index (χ0v) is 16.7.